The maximum absolute atomic E-state index is 4.52. The van der Waals surface area contributed by atoms with Gasteiger partial charge in [0, 0.05) is 59.4 Å². The van der Waals surface area contributed by atoms with Crippen molar-refractivity contribution in [3.8, 4) is 0 Å². The number of nitrogens with one attached hydrogen (secondary N) is 1. The van der Waals surface area contributed by atoms with Gasteiger partial charge in [-0.25, -0.2) is 0 Å². The molecule has 2 saturated heterocycles. The summed E-state index contributed by atoms with van der Waals surface area (Å²) in [5.74, 6) is 3.39. The minimum absolute atomic E-state index is 0.652. The van der Waals surface area contributed by atoms with Crippen LogP contribution in [0, 0.1) is 17.8 Å². The van der Waals surface area contributed by atoms with Crippen molar-refractivity contribution in [3.05, 3.63) is 0 Å². The van der Waals surface area contributed by atoms with Gasteiger partial charge < -0.3 is 20.0 Å². The van der Waals surface area contributed by atoms with Gasteiger partial charge in [-0.3, -0.25) is 4.99 Å². The molecule has 2 aliphatic heterocycles. The molecule has 2 unspecified atom stereocenters. The fourth-order valence-electron chi connectivity index (χ4n) is 4.02. The molecule has 5 nitrogen and oxygen atoms in total. The quantitative estimate of drug-likeness (QED) is 0.592. The van der Waals surface area contributed by atoms with Crippen LogP contribution in [0.2, 0.25) is 0 Å². The van der Waals surface area contributed by atoms with Gasteiger partial charge in [-0.15, -0.1) is 0 Å². The van der Waals surface area contributed by atoms with E-state index in [1.807, 2.05) is 7.05 Å². The zero-order chi connectivity index (χ0) is 17.5. The predicted molar refractivity (Wildman–Crippen MR) is 104 cm³/mol. The minimum Gasteiger partial charge on any atom is -0.356 e. The zero-order valence-electron chi connectivity index (χ0n) is 16.6. The van der Waals surface area contributed by atoms with Crippen molar-refractivity contribution < 1.29 is 0 Å². The third-order valence-electron chi connectivity index (χ3n) is 5.38. The molecule has 0 saturated carbocycles. The third-order valence-corrected chi connectivity index (χ3v) is 5.38. The van der Waals surface area contributed by atoms with E-state index in [4.69, 9.17) is 0 Å². The number of piperazine rings is 1. The first kappa shape index (κ1) is 19.5. The second kappa shape index (κ2) is 9.62. The fraction of sp³-hybridized carbons (Fsp3) is 0.947. The summed E-state index contributed by atoms with van der Waals surface area (Å²) in [5, 5.41) is 3.62. The number of rotatable bonds is 6. The van der Waals surface area contributed by atoms with Crippen LogP contribution in [0.1, 0.15) is 33.6 Å². The molecule has 0 spiro atoms. The van der Waals surface area contributed by atoms with E-state index in [0.717, 1.165) is 30.9 Å². The molecule has 2 heterocycles. The van der Waals surface area contributed by atoms with Crippen LogP contribution in [0.5, 0.6) is 0 Å². The Morgan fingerprint density at radius 1 is 1.12 bits per heavy atom. The van der Waals surface area contributed by atoms with Crippen molar-refractivity contribution in [3.63, 3.8) is 0 Å². The maximum atomic E-state index is 4.52. The van der Waals surface area contributed by atoms with E-state index in [-0.39, 0.29) is 0 Å². The number of hydrogen-bond acceptors (Lipinski definition) is 3. The van der Waals surface area contributed by atoms with E-state index in [9.17, 15) is 0 Å². The molecule has 2 fully saturated rings. The second-order valence-corrected chi connectivity index (χ2v) is 8.37. The topological polar surface area (TPSA) is 34.1 Å². The Morgan fingerprint density at radius 3 is 2.46 bits per heavy atom. The molecule has 140 valence electrons. The largest absolute Gasteiger partial charge is 0.356 e. The average Bonchev–Trinajstić information content (AvgIpc) is 2.98. The lowest BCUT2D eigenvalue weighted by Crippen LogP contribution is -2.48. The van der Waals surface area contributed by atoms with Crippen LogP contribution in [0.3, 0.4) is 0 Å². The van der Waals surface area contributed by atoms with Gasteiger partial charge in [0.15, 0.2) is 5.96 Å². The van der Waals surface area contributed by atoms with Gasteiger partial charge in [0.1, 0.15) is 0 Å². The van der Waals surface area contributed by atoms with E-state index in [0.29, 0.717) is 5.92 Å². The number of nitrogens with zero attached hydrogens (tertiary/aromatic N) is 4. The molecule has 2 atom stereocenters. The van der Waals surface area contributed by atoms with Crippen LogP contribution in [-0.2, 0) is 0 Å². The van der Waals surface area contributed by atoms with Crippen molar-refractivity contribution in [2.45, 2.75) is 33.6 Å². The summed E-state index contributed by atoms with van der Waals surface area (Å²) in [6.45, 7) is 16.4. The Morgan fingerprint density at radius 2 is 1.83 bits per heavy atom. The maximum Gasteiger partial charge on any atom is 0.193 e. The first-order chi connectivity index (χ1) is 11.5. The average molecular weight is 338 g/mol. The molecule has 1 N–H and O–H groups in total. The highest BCUT2D eigenvalue weighted by Gasteiger charge is 2.25. The molecular formula is C19H39N5. The molecular weight excluding hydrogens is 298 g/mol. The summed E-state index contributed by atoms with van der Waals surface area (Å²) in [5.41, 5.74) is 0. The lowest BCUT2D eigenvalue weighted by molar-refractivity contribution is 0.139. The van der Waals surface area contributed by atoms with Crippen LogP contribution in [-0.4, -0.2) is 87.1 Å². The Bertz CT molecular complexity index is 387. The normalized spacial score (nSPS) is 25.5. The monoisotopic (exact) mass is 337 g/mol. The number of aliphatic imine (C=N–C) groups is 1. The van der Waals surface area contributed by atoms with E-state index in [2.05, 4.69) is 52.8 Å². The summed E-state index contributed by atoms with van der Waals surface area (Å²) in [4.78, 5) is 12.0. The summed E-state index contributed by atoms with van der Waals surface area (Å²) < 4.78 is 0. The molecule has 0 radical (unpaired) electrons. The molecule has 0 bridgehead atoms. The first-order valence-corrected chi connectivity index (χ1v) is 9.84. The molecule has 2 rings (SSSR count). The molecule has 2 aliphatic rings. The van der Waals surface area contributed by atoms with E-state index >= 15 is 0 Å². The van der Waals surface area contributed by atoms with Gasteiger partial charge >= 0.3 is 0 Å². The van der Waals surface area contributed by atoms with Crippen molar-refractivity contribution >= 4 is 5.96 Å². The van der Waals surface area contributed by atoms with Crippen LogP contribution in [0.25, 0.3) is 0 Å². The van der Waals surface area contributed by atoms with Crippen LogP contribution < -0.4 is 5.32 Å². The molecule has 0 aromatic rings. The predicted octanol–water partition coefficient (Wildman–Crippen LogP) is 1.81. The van der Waals surface area contributed by atoms with Crippen LogP contribution in [0.15, 0.2) is 4.99 Å². The lowest BCUT2D eigenvalue weighted by atomic mass is 9.97. The Labute approximate surface area is 149 Å². The van der Waals surface area contributed by atoms with Gasteiger partial charge in [0.25, 0.3) is 0 Å². The number of likely N-dealkylation sites (tertiary alicyclic amines) is 1. The molecule has 0 aliphatic carbocycles. The Balaban J connectivity index is 1.69. The summed E-state index contributed by atoms with van der Waals surface area (Å²) in [7, 11) is 4.14. The minimum atomic E-state index is 0.652. The number of hydrogen-bond donors (Lipinski definition) is 1. The van der Waals surface area contributed by atoms with Gasteiger partial charge in [-0.05, 0) is 37.6 Å². The zero-order valence-corrected chi connectivity index (χ0v) is 16.6. The second-order valence-electron chi connectivity index (χ2n) is 8.37. The SMILES string of the molecule is CN=C(NCC(C)CN1CCN(C)CC1)N1CCC(CC(C)C)C1. The van der Waals surface area contributed by atoms with Gasteiger partial charge in [0.05, 0.1) is 0 Å². The smallest absolute Gasteiger partial charge is 0.193 e. The molecule has 0 aromatic carbocycles. The van der Waals surface area contributed by atoms with Gasteiger partial charge in [0.2, 0.25) is 0 Å². The highest BCUT2D eigenvalue weighted by molar-refractivity contribution is 5.80. The van der Waals surface area contributed by atoms with E-state index < -0.39 is 0 Å². The van der Waals surface area contributed by atoms with Crippen LogP contribution in [0.4, 0.5) is 0 Å². The highest BCUT2D eigenvalue weighted by atomic mass is 15.3. The molecule has 0 aromatic heterocycles. The van der Waals surface area contributed by atoms with E-state index in [1.54, 1.807) is 0 Å². The van der Waals surface area contributed by atoms with Gasteiger partial charge in [-0.1, -0.05) is 20.8 Å². The number of likely N-dealkylation sites (N-methyl/N-ethyl adjacent to an activating group) is 1. The van der Waals surface area contributed by atoms with Crippen molar-refractivity contribution in [1.82, 2.24) is 20.0 Å². The molecule has 0 amide bonds. The van der Waals surface area contributed by atoms with Gasteiger partial charge in [-0.2, -0.15) is 0 Å². The number of guanidine groups is 1. The molecule has 24 heavy (non-hydrogen) atoms. The van der Waals surface area contributed by atoms with Crippen molar-refractivity contribution in [2.24, 2.45) is 22.7 Å². The fourth-order valence-corrected chi connectivity index (χ4v) is 4.02. The van der Waals surface area contributed by atoms with Crippen molar-refractivity contribution in [2.75, 3.05) is 66.5 Å². The Hall–Kier alpha value is -0.810. The van der Waals surface area contributed by atoms with Crippen molar-refractivity contribution in [1.29, 1.82) is 0 Å². The lowest BCUT2D eigenvalue weighted by Gasteiger charge is -2.34. The first-order valence-electron chi connectivity index (χ1n) is 9.84. The standard InChI is InChI=1S/C19H39N5/c1-16(2)12-18-6-7-24(15-18)19(20-4)21-13-17(3)14-23-10-8-22(5)9-11-23/h16-18H,6-15H2,1-5H3,(H,20,21). The summed E-state index contributed by atoms with van der Waals surface area (Å²) >= 11 is 0. The summed E-state index contributed by atoms with van der Waals surface area (Å²) in [6.07, 6.45) is 2.66. The van der Waals surface area contributed by atoms with E-state index in [1.165, 1.54) is 52.1 Å². The van der Waals surface area contributed by atoms with Crippen LogP contribution >= 0.6 is 0 Å². The Kier molecular flexibility index (Phi) is 7.82. The third kappa shape index (κ3) is 6.25. The highest BCUT2D eigenvalue weighted by Crippen LogP contribution is 2.23. The summed E-state index contributed by atoms with van der Waals surface area (Å²) in [6, 6.07) is 0. The molecule has 5 heteroatoms.